The van der Waals surface area contributed by atoms with Gasteiger partial charge in [-0.2, -0.15) is 0 Å². The van der Waals surface area contributed by atoms with Crippen LogP contribution in [0.15, 0.2) is 199 Å². The third kappa shape index (κ3) is 5.29. The Bertz CT molecular complexity index is 3870. The van der Waals surface area contributed by atoms with Crippen LogP contribution in [0.1, 0.15) is 0 Å². The van der Waals surface area contributed by atoms with Gasteiger partial charge in [-0.25, -0.2) is 15.0 Å². The second-order valence-electron chi connectivity index (χ2n) is 15.5. The van der Waals surface area contributed by atoms with Gasteiger partial charge in [0.1, 0.15) is 11.2 Å². The molecule has 0 amide bonds. The number of benzene rings is 9. The van der Waals surface area contributed by atoms with Gasteiger partial charge in [-0.15, -0.1) is 11.3 Å². The summed E-state index contributed by atoms with van der Waals surface area (Å²) in [6.45, 7) is 0. The van der Waals surface area contributed by atoms with Crippen molar-refractivity contribution in [2.24, 2.45) is 0 Å². The van der Waals surface area contributed by atoms with E-state index in [0.717, 1.165) is 71.7 Å². The van der Waals surface area contributed by atoms with Gasteiger partial charge in [0.05, 0.1) is 16.7 Å². The predicted octanol–water partition coefficient (Wildman–Crippen LogP) is 15.1. The van der Waals surface area contributed by atoms with Crippen molar-refractivity contribution in [3.8, 4) is 51.0 Å². The average Bonchev–Trinajstić information content (AvgIpc) is 4.01. The molecular weight excluding hydrogens is 765 g/mol. The van der Waals surface area contributed by atoms with Crippen molar-refractivity contribution in [2.75, 3.05) is 0 Å². The third-order valence-electron chi connectivity index (χ3n) is 12.0. The van der Waals surface area contributed by atoms with Crippen molar-refractivity contribution in [1.82, 2.24) is 19.5 Å². The van der Waals surface area contributed by atoms with Gasteiger partial charge in [0.2, 0.25) is 0 Å². The molecule has 4 aromatic heterocycles. The molecule has 0 atom stereocenters. The van der Waals surface area contributed by atoms with Gasteiger partial charge < -0.3 is 8.98 Å². The molecule has 0 saturated heterocycles. The first-order chi connectivity index (χ1) is 30.2. The Hall–Kier alpha value is -7.93. The number of furan rings is 1. The molecule has 0 radical (unpaired) electrons. The molecule has 0 N–H and O–H groups in total. The van der Waals surface area contributed by atoms with E-state index in [0.29, 0.717) is 17.5 Å². The molecular formula is C55H32N4OS. The van der Waals surface area contributed by atoms with Crippen LogP contribution in [0.5, 0.6) is 0 Å². The van der Waals surface area contributed by atoms with Gasteiger partial charge in [0.25, 0.3) is 0 Å². The first-order valence-electron chi connectivity index (χ1n) is 20.4. The van der Waals surface area contributed by atoms with Crippen molar-refractivity contribution < 1.29 is 4.42 Å². The quantitative estimate of drug-likeness (QED) is 0.174. The molecule has 284 valence electrons. The molecule has 13 rings (SSSR count). The molecule has 4 heterocycles. The summed E-state index contributed by atoms with van der Waals surface area (Å²) in [4.78, 5) is 15.4. The zero-order chi connectivity index (χ0) is 40.0. The van der Waals surface area contributed by atoms with E-state index < -0.39 is 0 Å². The zero-order valence-electron chi connectivity index (χ0n) is 32.6. The largest absolute Gasteiger partial charge is 0.455 e. The SMILES string of the molecule is c1ccc(-c2ccc(-c3nc(-c4ccccc4)nc(-c4ccc5c(-n6c7ccccc7c7c8c(ccc76)sc6ccccc68)cc6c7ccccc7oc6c5c4)n3)cc2)cc1. The minimum absolute atomic E-state index is 0.594. The Morgan fingerprint density at radius 2 is 0.934 bits per heavy atom. The van der Waals surface area contributed by atoms with Gasteiger partial charge in [-0.05, 0) is 53.6 Å². The molecule has 0 aliphatic carbocycles. The highest BCUT2D eigenvalue weighted by Gasteiger charge is 2.22. The number of aromatic nitrogens is 4. The van der Waals surface area contributed by atoms with Crippen LogP contribution in [0.2, 0.25) is 0 Å². The van der Waals surface area contributed by atoms with E-state index in [2.05, 4.69) is 156 Å². The highest BCUT2D eigenvalue weighted by molar-refractivity contribution is 7.26. The summed E-state index contributed by atoms with van der Waals surface area (Å²) in [5.41, 5.74) is 10.1. The van der Waals surface area contributed by atoms with E-state index in [4.69, 9.17) is 19.4 Å². The molecule has 0 unspecified atom stereocenters. The van der Waals surface area contributed by atoms with Crippen molar-refractivity contribution in [3.05, 3.63) is 194 Å². The second-order valence-corrected chi connectivity index (χ2v) is 16.6. The molecule has 13 aromatic rings. The number of fused-ring (bicyclic) bond motifs is 12. The maximum atomic E-state index is 6.77. The molecule has 6 heteroatoms. The zero-order valence-corrected chi connectivity index (χ0v) is 33.4. The van der Waals surface area contributed by atoms with Crippen LogP contribution in [0.4, 0.5) is 0 Å². The number of hydrogen-bond donors (Lipinski definition) is 0. The van der Waals surface area contributed by atoms with Crippen molar-refractivity contribution in [3.63, 3.8) is 0 Å². The van der Waals surface area contributed by atoms with Gasteiger partial charge in [-0.1, -0.05) is 152 Å². The summed E-state index contributed by atoms with van der Waals surface area (Å²) in [5, 5.41) is 9.30. The molecule has 9 aromatic carbocycles. The Labute approximate surface area is 353 Å². The van der Waals surface area contributed by atoms with Crippen LogP contribution in [0.3, 0.4) is 0 Å². The fraction of sp³-hybridized carbons (Fsp3) is 0. The summed E-state index contributed by atoms with van der Waals surface area (Å²) in [6.07, 6.45) is 0. The summed E-state index contributed by atoms with van der Waals surface area (Å²) in [6, 6.07) is 68.4. The summed E-state index contributed by atoms with van der Waals surface area (Å²) < 4.78 is 11.8. The molecule has 0 bridgehead atoms. The van der Waals surface area contributed by atoms with E-state index in [1.807, 2.05) is 53.8 Å². The van der Waals surface area contributed by atoms with E-state index in [9.17, 15) is 0 Å². The Balaban J connectivity index is 1.07. The Morgan fingerprint density at radius 3 is 1.72 bits per heavy atom. The smallest absolute Gasteiger partial charge is 0.164 e. The van der Waals surface area contributed by atoms with Crippen LogP contribution in [-0.4, -0.2) is 19.5 Å². The van der Waals surface area contributed by atoms with Crippen LogP contribution in [-0.2, 0) is 0 Å². The van der Waals surface area contributed by atoms with Crippen LogP contribution < -0.4 is 0 Å². The molecule has 0 aliphatic rings. The fourth-order valence-electron chi connectivity index (χ4n) is 9.23. The predicted molar refractivity (Wildman–Crippen MR) is 254 cm³/mol. The first kappa shape index (κ1) is 34.0. The Morgan fingerprint density at radius 1 is 0.361 bits per heavy atom. The number of para-hydroxylation sites is 2. The lowest BCUT2D eigenvalue weighted by Gasteiger charge is -2.14. The lowest BCUT2D eigenvalue weighted by atomic mass is 10.0. The molecule has 0 saturated carbocycles. The van der Waals surface area contributed by atoms with Crippen molar-refractivity contribution >= 4 is 86.0 Å². The summed E-state index contributed by atoms with van der Waals surface area (Å²) in [5.74, 6) is 1.83. The molecule has 5 nitrogen and oxygen atoms in total. The monoisotopic (exact) mass is 796 g/mol. The maximum absolute atomic E-state index is 6.77. The average molecular weight is 797 g/mol. The van der Waals surface area contributed by atoms with E-state index >= 15 is 0 Å². The normalized spacial score (nSPS) is 11.9. The van der Waals surface area contributed by atoms with Gasteiger partial charge >= 0.3 is 0 Å². The standard InChI is InChI=1S/C55H32N4OS/c1-3-13-33(14-4-1)34-23-25-36(26-24-34)54-56-53(35-15-5-2-6-16-35)57-55(58-54)37-27-28-38-42(31-37)52-43(39-17-8-11-21-47(39)60-52)32-46(38)59-44-20-10-7-18-40(44)50-45(59)29-30-49-51(50)41-19-9-12-22-48(41)61-49/h1-32H. The highest BCUT2D eigenvalue weighted by atomic mass is 32.1. The number of rotatable bonds is 5. The molecule has 61 heavy (non-hydrogen) atoms. The summed E-state index contributed by atoms with van der Waals surface area (Å²) >= 11 is 1.86. The number of thiophene rings is 1. The van der Waals surface area contributed by atoms with Gasteiger partial charge in [0.15, 0.2) is 17.5 Å². The molecule has 0 spiro atoms. The minimum Gasteiger partial charge on any atom is -0.455 e. The fourth-order valence-corrected chi connectivity index (χ4v) is 10.3. The highest BCUT2D eigenvalue weighted by Crippen LogP contribution is 2.46. The van der Waals surface area contributed by atoms with E-state index in [1.54, 1.807) is 0 Å². The lowest BCUT2D eigenvalue weighted by molar-refractivity contribution is 0.672. The molecule has 0 fully saturated rings. The Kier molecular flexibility index (Phi) is 7.41. The van der Waals surface area contributed by atoms with Crippen LogP contribution in [0, 0.1) is 0 Å². The minimum atomic E-state index is 0.594. The van der Waals surface area contributed by atoms with E-state index in [-0.39, 0.29) is 0 Å². The van der Waals surface area contributed by atoms with E-state index in [1.165, 1.54) is 36.5 Å². The van der Waals surface area contributed by atoms with Gasteiger partial charge in [-0.3, -0.25) is 0 Å². The van der Waals surface area contributed by atoms with Crippen molar-refractivity contribution in [2.45, 2.75) is 0 Å². The lowest BCUT2D eigenvalue weighted by Crippen LogP contribution is -2.00. The number of hydrogen-bond acceptors (Lipinski definition) is 5. The van der Waals surface area contributed by atoms with Crippen LogP contribution in [0.25, 0.3) is 126 Å². The summed E-state index contributed by atoms with van der Waals surface area (Å²) in [7, 11) is 0. The maximum Gasteiger partial charge on any atom is 0.164 e. The van der Waals surface area contributed by atoms with Crippen molar-refractivity contribution in [1.29, 1.82) is 0 Å². The second kappa shape index (κ2) is 13.3. The van der Waals surface area contributed by atoms with Crippen LogP contribution >= 0.6 is 11.3 Å². The number of nitrogens with zero attached hydrogens (tertiary/aromatic N) is 4. The third-order valence-corrected chi connectivity index (χ3v) is 13.2. The van der Waals surface area contributed by atoms with Gasteiger partial charge in [0, 0.05) is 69.2 Å². The molecule has 0 aliphatic heterocycles. The topological polar surface area (TPSA) is 56.7 Å². The first-order valence-corrected chi connectivity index (χ1v) is 21.2.